The molecule has 1 N–H and O–H groups in total. The molecule has 0 bridgehead atoms. The monoisotopic (exact) mass is 236 g/mol. The van der Waals surface area contributed by atoms with Gasteiger partial charge >= 0.3 is 0 Å². The van der Waals surface area contributed by atoms with Crippen LogP contribution in [0.4, 0.5) is 0 Å². The summed E-state index contributed by atoms with van der Waals surface area (Å²) in [5.41, 5.74) is 0. The van der Waals surface area contributed by atoms with E-state index in [1.54, 1.807) is 17.4 Å². The largest absolute Gasteiger partial charge is 0.337 e. The van der Waals surface area contributed by atoms with Crippen LogP contribution in [0.5, 0.6) is 0 Å². The Hall–Kier alpha value is -1.13. The summed E-state index contributed by atoms with van der Waals surface area (Å²) in [5.74, 6) is 0.118. The number of thiophene rings is 1. The van der Waals surface area contributed by atoms with E-state index >= 15 is 0 Å². The van der Waals surface area contributed by atoms with E-state index in [0.717, 1.165) is 31.1 Å². The highest BCUT2D eigenvalue weighted by molar-refractivity contribution is 7.12. The summed E-state index contributed by atoms with van der Waals surface area (Å²) in [6.07, 6.45) is 3.58. The lowest BCUT2D eigenvalue weighted by Gasteiger charge is -2.26. The van der Waals surface area contributed by atoms with E-state index in [1.165, 1.54) is 4.88 Å². The van der Waals surface area contributed by atoms with Crippen LogP contribution in [0.3, 0.4) is 0 Å². The summed E-state index contributed by atoms with van der Waals surface area (Å²) in [6.45, 7) is 5.49. The molecule has 0 aliphatic carbocycles. The molecule has 1 amide bonds. The van der Waals surface area contributed by atoms with Crippen molar-refractivity contribution in [1.82, 2.24) is 10.2 Å². The second kappa shape index (κ2) is 5.27. The van der Waals surface area contributed by atoms with Gasteiger partial charge in [0, 0.05) is 42.0 Å². The lowest BCUT2D eigenvalue weighted by molar-refractivity contribution is -0.126. The molecule has 0 saturated carbocycles. The first kappa shape index (κ1) is 11.4. The summed E-state index contributed by atoms with van der Waals surface area (Å²) in [7, 11) is 0. The minimum atomic E-state index is 0.118. The maximum absolute atomic E-state index is 11.8. The van der Waals surface area contributed by atoms with Gasteiger partial charge in [0.15, 0.2) is 0 Å². The third-order valence-corrected chi connectivity index (χ3v) is 3.55. The van der Waals surface area contributed by atoms with Gasteiger partial charge in [0.1, 0.15) is 0 Å². The molecule has 3 nitrogen and oxygen atoms in total. The van der Waals surface area contributed by atoms with Crippen molar-refractivity contribution in [2.45, 2.75) is 6.92 Å². The molecular weight excluding hydrogens is 220 g/mol. The van der Waals surface area contributed by atoms with Gasteiger partial charge in [-0.2, -0.15) is 0 Å². The highest BCUT2D eigenvalue weighted by atomic mass is 32.1. The Kier molecular flexibility index (Phi) is 3.74. The number of hydrogen-bond donors (Lipinski definition) is 1. The number of aryl methyl sites for hydroxylation is 1. The first-order valence-electron chi connectivity index (χ1n) is 5.50. The molecule has 0 spiro atoms. The van der Waals surface area contributed by atoms with E-state index in [1.807, 2.05) is 17.0 Å². The zero-order valence-electron chi connectivity index (χ0n) is 9.40. The van der Waals surface area contributed by atoms with Crippen molar-refractivity contribution in [1.29, 1.82) is 0 Å². The Labute approximate surface area is 99.8 Å². The smallest absolute Gasteiger partial charge is 0.246 e. The topological polar surface area (TPSA) is 32.3 Å². The highest BCUT2D eigenvalue weighted by Gasteiger charge is 2.12. The van der Waals surface area contributed by atoms with Gasteiger partial charge in [-0.3, -0.25) is 4.79 Å². The molecule has 2 rings (SSSR count). The van der Waals surface area contributed by atoms with Crippen molar-refractivity contribution < 1.29 is 4.79 Å². The molecule has 1 fully saturated rings. The van der Waals surface area contributed by atoms with Crippen molar-refractivity contribution in [3.63, 3.8) is 0 Å². The lowest BCUT2D eigenvalue weighted by atomic mass is 10.3. The lowest BCUT2D eigenvalue weighted by Crippen LogP contribution is -2.45. The summed E-state index contributed by atoms with van der Waals surface area (Å²) in [4.78, 5) is 16.1. The van der Waals surface area contributed by atoms with Crippen molar-refractivity contribution >= 4 is 23.3 Å². The fourth-order valence-corrected chi connectivity index (χ4v) is 2.47. The van der Waals surface area contributed by atoms with Gasteiger partial charge in [-0.25, -0.2) is 0 Å². The summed E-state index contributed by atoms with van der Waals surface area (Å²) < 4.78 is 0. The molecule has 1 aliphatic rings. The molecule has 4 heteroatoms. The van der Waals surface area contributed by atoms with Gasteiger partial charge < -0.3 is 10.2 Å². The molecule has 2 heterocycles. The van der Waals surface area contributed by atoms with E-state index < -0.39 is 0 Å². The predicted molar refractivity (Wildman–Crippen MR) is 67.5 cm³/mol. The van der Waals surface area contributed by atoms with Crippen LogP contribution in [0.2, 0.25) is 0 Å². The van der Waals surface area contributed by atoms with Gasteiger partial charge in [0.2, 0.25) is 5.91 Å². The maximum atomic E-state index is 11.8. The Morgan fingerprint density at radius 3 is 2.81 bits per heavy atom. The van der Waals surface area contributed by atoms with Crippen LogP contribution >= 0.6 is 11.3 Å². The zero-order valence-corrected chi connectivity index (χ0v) is 10.2. The van der Waals surface area contributed by atoms with E-state index in [9.17, 15) is 4.79 Å². The second-order valence-electron chi connectivity index (χ2n) is 3.86. The van der Waals surface area contributed by atoms with Crippen molar-refractivity contribution in [2.24, 2.45) is 0 Å². The summed E-state index contributed by atoms with van der Waals surface area (Å²) in [6, 6.07) is 4.11. The number of nitrogens with one attached hydrogen (secondary N) is 1. The van der Waals surface area contributed by atoms with Gasteiger partial charge in [-0.15, -0.1) is 11.3 Å². The molecule has 1 aliphatic heterocycles. The average Bonchev–Trinajstić information content (AvgIpc) is 2.73. The molecule has 0 aromatic carbocycles. The SMILES string of the molecule is Cc1ccc(/C=C/C(=O)N2CCNCC2)s1. The first-order chi connectivity index (χ1) is 7.75. The van der Waals surface area contributed by atoms with E-state index in [2.05, 4.69) is 18.3 Å². The molecule has 1 saturated heterocycles. The molecule has 86 valence electrons. The molecule has 0 atom stereocenters. The van der Waals surface area contributed by atoms with Gasteiger partial charge in [-0.05, 0) is 25.1 Å². The minimum absolute atomic E-state index is 0.118. The van der Waals surface area contributed by atoms with Crippen LogP contribution in [0, 0.1) is 6.92 Å². The highest BCUT2D eigenvalue weighted by Crippen LogP contribution is 2.16. The molecule has 0 unspecified atom stereocenters. The third kappa shape index (κ3) is 2.93. The first-order valence-corrected chi connectivity index (χ1v) is 6.31. The molecule has 1 aromatic rings. The van der Waals surface area contributed by atoms with E-state index in [4.69, 9.17) is 0 Å². The molecule has 16 heavy (non-hydrogen) atoms. The second-order valence-corrected chi connectivity index (χ2v) is 5.18. The molecule has 0 radical (unpaired) electrons. The van der Waals surface area contributed by atoms with E-state index in [-0.39, 0.29) is 5.91 Å². The Balaban J connectivity index is 1.93. The van der Waals surface area contributed by atoms with Crippen LogP contribution in [0.25, 0.3) is 6.08 Å². The Morgan fingerprint density at radius 2 is 2.19 bits per heavy atom. The Bertz CT molecular complexity index is 391. The van der Waals surface area contributed by atoms with Crippen LogP contribution in [-0.4, -0.2) is 37.0 Å². The number of carbonyl (C=O) groups excluding carboxylic acids is 1. The minimum Gasteiger partial charge on any atom is -0.337 e. The average molecular weight is 236 g/mol. The summed E-state index contributed by atoms with van der Waals surface area (Å²) in [5, 5.41) is 3.23. The zero-order chi connectivity index (χ0) is 11.4. The normalized spacial score (nSPS) is 16.9. The van der Waals surface area contributed by atoms with Crippen LogP contribution in [0.15, 0.2) is 18.2 Å². The number of rotatable bonds is 2. The van der Waals surface area contributed by atoms with E-state index in [0.29, 0.717) is 0 Å². The standard InChI is InChI=1S/C12H16N2OS/c1-10-2-3-11(16-10)4-5-12(15)14-8-6-13-7-9-14/h2-5,13H,6-9H2,1H3/b5-4+. The van der Waals surface area contributed by atoms with Crippen molar-refractivity contribution in [3.8, 4) is 0 Å². The fraction of sp³-hybridized carbons (Fsp3) is 0.417. The maximum Gasteiger partial charge on any atom is 0.246 e. The van der Waals surface area contributed by atoms with Crippen molar-refractivity contribution in [2.75, 3.05) is 26.2 Å². The molecular formula is C12H16N2OS. The number of carbonyl (C=O) groups is 1. The number of piperazine rings is 1. The summed E-state index contributed by atoms with van der Waals surface area (Å²) >= 11 is 1.71. The van der Waals surface area contributed by atoms with Crippen LogP contribution in [-0.2, 0) is 4.79 Å². The number of hydrogen-bond acceptors (Lipinski definition) is 3. The third-order valence-electron chi connectivity index (χ3n) is 2.58. The van der Waals surface area contributed by atoms with Gasteiger partial charge in [-0.1, -0.05) is 0 Å². The predicted octanol–water partition coefficient (Wildman–Crippen LogP) is 1.50. The van der Waals surface area contributed by atoms with Gasteiger partial charge in [0.05, 0.1) is 0 Å². The van der Waals surface area contributed by atoms with Gasteiger partial charge in [0.25, 0.3) is 0 Å². The molecule has 1 aromatic heterocycles. The van der Waals surface area contributed by atoms with Crippen LogP contribution < -0.4 is 5.32 Å². The quantitative estimate of drug-likeness (QED) is 0.789. The Morgan fingerprint density at radius 1 is 1.44 bits per heavy atom. The fourth-order valence-electron chi connectivity index (χ4n) is 1.69. The van der Waals surface area contributed by atoms with Crippen molar-refractivity contribution in [3.05, 3.63) is 28.0 Å². The number of amides is 1. The number of nitrogens with zero attached hydrogens (tertiary/aromatic N) is 1. The van der Waals surface area contributed by atoms with Crippen LogP contribution in [0.1, 0.15) is 9.75 Å².